The molecule has 0 spiro atoms. The molecule has 2 unspecified atom stereocenters. The Bertz CT molecular complexity index is 227. The molecule has 0 aromatic carbocycles. The van der Waals surface area contributed by atoms with E-state index in [0.717, 1.165) is 45.3 Å². The van der Waals surface area contributed by atoms with Crippen LogP contribution >= 0.6 is 0 Å². The first-order valence-electron chi connectivity index (χ1n) is 9.74. The SMILES string of the molecule is CCCCCCCC(O)CCCCCCOC1CCCCO1. The zero-order valence-corrected chi connectivity index (χ0v) is 14.7. The molecule has 1 N–H and O–H groups in total. The van der Waals surface area contributed by atoms with E-state index in [1.807, 2.05) is 0 Å². The maximum Gasteiger partial charge on any atom is 0.157 e. The van der Waals surface area contributed by atoms with Crippen molar-refractivity contribution in [3.05, 3.63) is 0 Å². The molecule has 22 heavy (non-hydrogen) atoms. The molecule has 0 aliphatic carbocycles. The molecule has 0 bridgehead atoms. The van der Waals surface area contributed by atoms with Crippen LogP contribution in [0.1, 0.15) is 96.8 Å². The van der Waals surface area contributed by atoms with Gasteiger partial charge in [0.15, 0.2) is 6.29 Å². The van der Waals surface area contributed by atoms with E-state index in [0.29, 0.717) is 0 Å². The van der Waals surface area contributed by atoms with Crippen LogP contribution in [0.25, 0.3) is 0 Å². The Morgan fingerprint density at radius 1 is 0.955 bits per heavy atom. The van der Waals surface area contributed by atoms with Gasteiger partial charge in [0.1, 0.15) is 0 Å². The van der Waals surface area contributed by atoms with Gasteiger partial charge < -0.3 is 14.6 Å². The molecule has 1 aliphatic rings. The van der Waals surface area contributed by atoms with E-state index in [9.17, 15) is 5.11 Å². The zero-order valence-electron chi connectivity index (χ0n) is 14.7. The Morgan fingerprint density at radius 3 is 2.27 bits per heavy atom. The van der Waals surface area contributed by atoms with Crippen LogP contribution in [0.5, 0.6) is 0 Å². The van der Waals surface area contributed by atoms with Crippen molar-refractivity contribution in [1.82, 2.24) is 0 Å². The van der Waals surface area contributed by atoms with Gasteiger partial charge in [-0.3, -0.25) is 0 Å². The van der Waals surface area contributed by atoms with E-state index in [-0.39, 0.29) is 12.4 Å². The first-order chi connectivity index (χ1) is 10.8. The van der Waals surface area contributed by atoms with E-state index in [4.69, 9.17) is 9.47 Å². The minimum atomic E-state index is -0.0754. The molecule has 0 amide bonds. The van der Waals surface area contributed by atoms with Gasteiger partial charge in [-0.25, -0.2) is 0 Å². The maximum atomic E-state index is 9.94. The van der Waals surface area contributed by atoms with Crippen molar-refractivity contribution in [1.29, 1.82) is 0 Å². The molecule has 1 aliphatic heterocycles. The number of unbranched alkanes of at least 4 members (excludes halogenated alkanes) is 7. The minimum Gasteiger partial charge on any atom is -0.393 e. The monoisotopic (exact) mass is 314 g/mol. The van der Waals surface area contributed by atoms with Gasteiger partial charge in [0, 0.05) is 13.2 Å². The van der Waals surface area contributed by atoms with Crippen molar-refractivity contribution in [3.8, 4) is 0 Å². The predicted molar refractivity (Wildman–Crippen MR) is 92.0 cm³/mol. The van der Waals surface area contributed by atoms with E-state index >= 15 is 0 Å². The first kappa shape index (κ1) is 19.9. The third-order valence-electron chi connectivity index (χ3n) is 4.51. The van der Waals surface area contributed by atoms with Gasteiger partial charge in [-0.2, -0.15) is 0 Å². The largest absolute Gasteiger partial charge is 0.393 e. The summed E-state index contributed by atoms with van der Waals surface area (Å²) in [6.45, 7) is 3.92. The average Bonchev–Trinajstić information content (AvgIpc) is 2.55. The summed E-state index contributed by atoms with van der Waals surface area (Å²) in [6, 6.07) is 0. The second-order valence-corrected chi connectivity index (χ2v) is 6.73. The Morgan fingerprint density at radius 2 is 1.64 bits per heavy atom. The summed E-state index contributed by atoms with van der Waals surface area (Å²) in [5.41, 5.74) is 0. The maximum absolute atomic E-state index is 9.94. The van der Waals surface area contributed by atoms with Gasteiger partial charge in [-0.15, -0.1) is 0 Å². The molecule has 0 aromatic heterocycles. The summed E-state index contributed by atoms with van der Waals surface area (Å²) in [4.78, 5) is 0. The highest BCUT2D eigenvalue weighted by Crippen LogP contribution is 2.15. The Hall–Kier alpha value is -0.120. The zero-order chi connectivity index (χ0) is 15.9. The third kappa shape index (κ3) is 11.4. The second-order valence-electron chi connectivity index (χ2n) is 6.73. The van der Waals surface area contributed by atoms with Crippen molar-refractivity contribution in [3.63, 3.8) is 0 Å². The van der Waals surface area contributed by atoms with Crippen molar-refractivity contribution >= 4 is 0 Å². The normalized spacial score (nSPS) is 20.2. The Kier molecular flexibility index (Phi) is 13.1. The molecule has 1 saturated heterocycles. The summed E-state index contributed by atoms with van der Waals surface area (Å²) in [7, 11) is 0. The van der Waals surface area contributed by atoms with Gasteiger partial charge in [0.25, 0.3) is 0 Å². The van der Waals surface area contributed by atoms with Crippen LogP contribution in [-0.2, 0) is 9.47 Å². The summed E-state index contributed by atoms with van der Waals surface area (Å²) in [6.07, 6.45) is 16.5. The first-order valence-corrected chi connectivity index (χ1v) is 9.74. The summed E-state index contributed by atoms with van der Waals surface area (Å²) >= 11 is 0. The van der Waals surface area contributed by atoms with Crippen molar-refractivity contribution in [2.45, 2.75) is 109 Å². The molecule has 1 rings (SSSR count). The highest BCUT2D eigenvalue weighted by Gasteiger charge is 2.13. The minimum absolute atomic E-state index is 0.0586. The van der Waals surface area contributed by atoms with Crippen molar-refractivity contribution in [2.75, 3.05) is 13.2 Å². The lowest BCUT2D eigenvalue weighted by Gasteiger charge is -2.22. The van der Waals surface area contributed by atoms with Crippen molar-refractivity contribution in [2.24, 2.45) is 0 Å². The number of aliphatic hydroxyl groups excluding tert-OH is 1. The molecular formula is C19H38O3. The van der Waals surface area contributed by atoms with Crippen LogP contribution in [0.15, 0.2) is 0 Å². The number of hydrogen-bond donors (Lipinski definition) is 1. The molecule has 1 fully saturated rings. The molecule has 0 radical (unpaired) electrons. The van der Waals surface area contributed by atoms with Crippen LogP contribution in [-0.4, -0.2) is 30.7 Å². The fraction of sp³-hybridized carbons (Fsp3) is 1.00. The molecule has 3 nitrogen and oxygen atoms in total. The second kappa shape index (κ2) is 14.5. The van der Waals surface area contributed by atoms with Crippen LogP contribution in [0, 0.1) is 0 Å². The van der Waals surface area contributed by atoms with Gasteiger partial charge in [0.2, 0.25) is 0 Å². The van der Waals surface area contributed by atoms with E-state index < -0.39 is 0 Å². The van der Waals surface area contributed by atoms with Crippen LogP contribution in [0.4, 0.5) is 0 Å². The standard InChI is InChI=1S/C19H38O3/c1-2-3-4-5-8-13-18(20)14-9-6-7-11-16-21-19-15-10-12-17-22-19/h18-20H,2-17H2,1H3. The van der Waals surface area contributed by atoms with Crippen LogP contribution in [0.3, 0.4) is 0 Å². The van der Waals surface area contributed by atoms with Gasteiger partial charge in [-0.1, -0.05) is 58.3 Å². The Balaban J connectivity index is 1.78. The lowest BCUT2D eigenvalue weighted by atomic mass is 10.0. The molecule has 132 valence electrons. The number of ether oxygens (including phenoxy) is 2. The third-order valence-corrected chi connectivity index (χ3v) is 4.51. The van der Waals surface area contributed by atoms with E-state index in [1.165, 1.54) is 57.8 Å². The quantitative estimate of drug-likeness (QED) is 0.448. The number of hydrogen-bond acceptors (Lipinski definition) is 3. The highest BCUT2D eigenvalue weighted by molar-refractivity contribution is 4.58. The molecule has 3 heteroatoms. The lowest BCUT2D eigenvalue weighted by molar-refractivity contribution is -0.162. The number of rotatable bonds is 14. The molecule has 2 atom stereocenters. The molecule has 0 saturated carbocycles. The average molecular weight is 315 g/mol. The van der Waals surface area contributed by atoms with Gasteiger partial charge >= 0.3 is 0 Å². The number of aliphatic hydroxyl groups is 1. The van der Waals surface area contributed by atoms with Crippen LogP contribution in [0.2, 0.25) is 0 Å². The van der Waals surface area contributed by atoms with Crippen molar-refractivity contribution < 1.29 is 14.6 Å². The summed E-state index contributed by atoms with van der Waals surface area (Å²) < 4.78 is 11.3. The summed E-state index contributed by atoms with van der Waals surface area (Å²) in [5, 5.41) is 9.94. The molecule has 1 heterocycles. The van der Waals surface area contributed by atoms with Gasteiger partial charge in [-0.05, 0) is 38.5 Å². The van der Waals surface area contributed by atoms with Gasteiger partial charge in [0.05, 0.1) is 6.10 Å². The Labute approximate surface area is 137 Å². The fourth-order valence-electron chi connectivity index (χ4n) is 3.02. The highest BCUT2D eigenvalue weighted by atomic mass is 16.7. The topological polar surface area (TPSA) is 38.7 Å². The van der Waals surface area contributed by atoms with E-state index in [1.54, 1.807) is 0 Å². The predicted octanol–water partition coefficient (Wildman–Crippen LogP) is 5.20. The summed E-state index contributed by atoms with van der Waals surface area (Å²) in [5.74, 6) is 0. The molecular weight excluding hydrogens is 276 g/mol. The molecule has 0 aromatic rings. The van der Waals surface area contributed by atoms with Crippen LogP contribution < -0.4 is 0 Å². The van der Waals surface area contributed by atoms with E-state index in [2.05, 4.69) is 6.92 Å². The lowest BCUT2D eigenvalue weighted by Crippen LogP contribution is -2.22. The smallest absolute Gasteiger partial charge is 0.157 e. The fourth-order valence-corrected chi connectivity index (χ4v) is 3.02.